The first-order valence-electron chi connectivity index (χ1n) is 5.95. The molecule has 16 heavy (non-hydrogen) atoms. The van der Waals surface area contributed by atoms with Gasteiger partial charge in [-0.3, -0.25) is 9.59 Å². The van der Waals surface area contributed by atoms with Crippen LogP contribution in [-0.4, -0.2) is 24.6 Å². The van der Waals surface area contributed by atoms with E-state index in [0.717, 1.165) is 19.3 Å². The minimum absolute atomic E-state index is 0.151. The highest BCUT2D eigenvalue weighted by molar-refractivity contribution is 5.70. The Kier molecular flexibility index (Phi) is 8.58. The van der Waals surface area contributed by atoms with Gasteiger partial charge < -0.3 is 9.47 Å². The predicted octanol–water partition coefficient (Wildman–Crippen LogP) is 2.45. The molecule has 0 aromatic heterocycles. The third kappa shape index (κ3) is 8.26. The molecule has 94 valence electrons. The lowest BCUT2D eigenvalue weighted by Gasteiger charge is -2.13. The minimum Gasteiger partial charge on any atom is -0.462 e. The number of hydrogen-bond donors (Lipinski definition) is 0. The molecule has 0 radical (unpaired) electrons. The summed E-state index contributed by atoms with van der Waals surface area (Å²) in [4.78, 5) is 22.3. The standard InChI is InChI=1S/C12H22O4/c1-4-6-8-11(13)15-9-10(3)16-12(14)7-5-2/h10H,4-9H2,1-3H3. The van der Waals surface area contributed by atoms with Crippen molar-refractivity contribution in [3.8, 4) is 0 Å². The number of hydrogen-bond acceptors (Lipinski definition) is 4. The third-order valence-electron chi connectivity index (χ3n) is 2.00. The summed E-state index contributed by atoms with van der Waals surface area (Å²) in [6.07, 6.45) is 3.06. The van der Waals surface area contributed by atoms with Crippen LogP contribution in [0.5, 0.6) is 0 Å². The predicted molar refractivity (Wildman–Crippen MR) is 60.9 cm³/mol. The van der Waals surface area contributed by atoms with E-state index < -0.39 is 0 Å². The van der Waals surface area contributed by atoms with Crippen LogP contribution in [0.15, 0.2) is 0 Å². The summed E-state index contributed by atoms with van der Waals surface area (Å²) in [7, 11) is 0. The highest BCUT2D eigenvalue weighted by atomic mass is 16.6. The van der Waals surface area contributed by atoms with E-state index in [1.54, 1.807) is 6.92 Å². The molecular weight excluding hydrogens is 208 g/mol. The molecule has 1 atom stereocenters. The van der Waals surface area contributed by atoms with Crippen molar-refractivity contribution >= 4 is 11.9 Å². The van der Waals surface area contributed by atoms with Crippen molar-refractivity contribution in [1.82, 2.24) is 0 Å². The summed E-state index contributed by atoms with van der Waals surface area (Å²) in [6.45, 7) is 5.80. The summed E-state index contributed by atoms with van der Waals surface area (Å²) in [6, 6.07) is 0. The molecule has 0 heterocycles. The zero-order chi connectivity index (χ0) is 12.4. The molecular formula is C12H22O4. The second-order valence-corrected chi connectivity index (χ2v) is 3.84. The van der Waals surface area contributed by atoms with E-state index in [1.807, 2.05) is 13.8 Å². The maximum absolute atomic E-state index is 11.2. The van der Waals surface area contributed by atoms with Gasteiger partial charge in [-0.1, -0.05) is 20.3 Å². The van der Waals surface area contributed by atoms with Gasteiger partial charge in [0.15, 0.2) is 0 Å². The van der Waals surface area contributed by atoms with Crippen molar-refractivity contribution in [1.29, 1.82) is 0 Å². The topological polar surface area (TPSA) is 52.6 Å². The van der Waals surface area contributed by atoms with E-state index in [9.17, 15) is 9.59 Å². The molecule has 0 rings (SSSR count). The molecule has 0 spiro atoms. The first-order valence-corrected chi connectivity index (χ1v) is 5.95. The number of unbranched alkanes of at least 4 members (excludes halogenated alkanes) is 1. The van der Waals surface area contributed by atoms with Crippen LogP contribution < -0.4 is 0 Å². The summed E-state index contributed by atoms with van der Waals surface area (Å²) in [5.74, 6) is -0.458. The van der Waals surface area contributed by atoms with E-state index >= 15 is 0 Å². The average Bonchev–Trinajstić information content (AvgIpc) is 2.23. The summed E-state index contributed by atoms with van der Waals surface area (Å²) >= 11 is 0. The Morgan fingerprint density at radius 3 is 2.31 bits per heavy atom. The van der Waals surface area contributed by atoms with Gasteiger partial charge in [-0.2, -0.15) is 0 Å². The zero-order valence-electron chi connectivity index (χ0n) is 10.5. The normalized spacial score (nSPS) is 11.9. The van der Waals surface area contributed by atoms with Gasteiger partial charge in [-0.05, 0) is 19.8 Å². The highest BCUT2D eigenvalue weighted by Crippen LogP contribution is 2.01. The number of esters is 2. The Labute approximate surface area is 97.3 Å². The molecule has 0 bridgehead atoms. The fourth-order valence-corrected chi connectivity index (χ4v) is 1.13. The van der Waals surface area contributed by atoms with Gasteiger partial charge in [0.2, 0.25) is 0 Å². The van der Waals surface area contributed by atoms with Crippen LogP contribution in [0, 0.1) is 0 Å². The molecule has 4 heteroatoms. The third-order valence-corrected chi connectivity index (χ3v) is 2.00. The van der Waals surface area contributed by atoms with Crippen molar-refractivity contribution < 1.29 is 19.1 Å². The molecule has 0 aliphatic carbocycles. The lowest BCUT2D eigenvalue weighted by atomic mass is 10.2. The van der Waals surface area contributed by atoms with E-state index in [1.165, 1.54) is 0 Å². The highest BCUT2D eigenvalue weighted by Gasteiger charge is 2.11. The zero-order valence-corrected chi connectivity index (χ0v) is 10.5. The van der Waals surface area contributed by atoms with Crippen molar-refractivity contribution in [3.05, 3.63) is 0 Å². The van der Waals surface area contributed by atoms with Crippen LogP contribution in [0.2, 0.25) is 0 Å². The van der Waals surface area contributed by atoms with Crippen LogP contribution in [0.4, 0.5) is 0 Å². The molecule has 0 saturated carbocycles. The second kappa shape index (κ2) is 9.19. The Hall–Kier alpha value is -1.06. The Bertz CT molecular complexity index is 213. The monoisotopic (exact) mass is 230 g/mol. The van der Waals surface area contributed by atoms with E-state index in [2.05, 4.69) is 0 Å². The summed E-state index contributed by atoms with van der Waals surface area (Å²) in [5, 5.41) is 0. The summed E-state index contributed by atoms with van der Waals surface area (Å²) < 4.78 is 10.00. The lowest BCUT2D eigenvalue weighted by molar-refractivity contribution is -0.158. The van der Waals surface area contributed by atoms with Gasteiger partial charge >= 0.3 is 11.9 Å². The van der Waals surface area contributed by atoms with Crippen molar-refractivity contribution in [2.24, 2.45) is 0 Å². The van der Waals surface area contributed by atoms with E-state index in [0.29, 0.717) is 12.8 Å². The molecule has 1 unspecified atom stereocenters. The minimum atomic E-state index is -0.357. The van der Waals surface area contributed by atoms with Crippen LogP contribution in [0.3, 0.4) is 0 Å². The molecule has 0 fully saturated rings. The number of carbonyl (C=O) groups is 2. The molecule has 0 aliphatic heterocycles. The van der Waals surface area contributed by atoms with Gasteiger partial charge in [0.25, 0.3) is 0 Å². The van der Waals surface area contributed by atoms with E-state index in [-0.39, 0.29) is 24.6 Å². The molecule has 0 N–H and O–H groups in total. The molecule has 0 saturated heterocycles. The summed E-state index contributed by atoms with van der Waals surface area (Å²) in [5.41, 5.74) is 0. The van der Waals surface area contributed by atoms with Crippen molar-refractivity contribution in [2.75, 3.05) is 6.61 Å². The molecule has 0 aliphatic rings. The van der Waals surface area contributed by atoms with Gasteiger partial charge in [0, 0.05) is 12.8 Å². The fourth-order valence-electron chi connectivity index (χ4n) is 1.13. The SMILES string of the molecule is CCCCC(=O)OCC(C)OC(=O)CCC. The van der Waals surface area contributed by atoms with Crippen LogP contribution in [0.25, 0.3) is 0 Å². The Balaban J connectivity index is 3.60. The lowest BCUT2D eigenvalue weighted by Crippen LogP contribution is -2.22. The maximum Gasteiger partial charge on any atom is 0.306 e. The second-order valence-electron chi connectivity index (χ2n) is 3.84. The fraction of sp³-hybridized carbons (Fsp3) is 0.833. The van der Waals surface area contributed by atoms with Crippen molar-refractivity contribution in [2.45, 2.75) is 59.0 Å². The Morgan fingerprint density at radius 1 is 1.06 bits per heavy atom. The molecule has 0 aromatic rings. The van der Waals surface area contributed by atoms with Crippen molar-refractivity contribution in [3.63, 3.8) is 0 Å². The molecule has 0 amide bonds. The first-order chi connectivity index (χ1) is 7.60. The average molecular weight is 230 g/mol. The van der Waals surface area contributed by atoms with Crippen LogP contribution in [0.1, 0.15) is 52.9 Å². The molecule has 0 aromatic carbocycles. The van der Waals surface area contributed by atoms with Gasteiger partial charge in [-0.15, -0.1) is 0 Å². The quantitative estimate of drug-likeness (QED) is 0.601. The van der Waals surface area contributed by atoms with E-state index in [4.69, 9.17) is 9.47 Å². The Morgan fingerprint density at radius 2 is 1.75 bits per heavy atom. The largest absolute Gasteiger partial charge is 0.462 e. The number of carbonyl (C=O) groups excluding carboxylic acids is 2. The number of rotatable bonds is 8. The van der Waals surface area contributed by atoms with Gasteiger partial charge in [0.05, 0.1) is 0 Å². The first kappa shape index (κ1) is 14.9. The smallest absolute Gasteiger partial charge is 0.306 e. The van der Waals surface area contributed by atoms with Gasteiger partial charge in [-0.25, -0.2) is 0 Å². The van der Waals surface area contributed by atoms with Crippen LogP contribution in [-0.2, 0) is 19.1 Å². The van der Waals surface area contributed by atoms with Gasteiger partial charge in [0.1, 0.15) is 12.7 Å². The maximum atomic E-state index is 11.2. The number of ether oxygens (including phenoxy) is 2. The van der Waals surface area contributed by atoms with Crippen LogP contribution >= 0.6 is 0 Å². The molecule has 4 nitrogen and oxygen atoms in total.